The van der Waals surface area contributed by atoms with Gasteiger partial charge in [0.05, 0.1) is 6.54 Å². The van der Waals surface area contributed by atoms with E-state index in [1.54, 1.807) is 0 Å². The van der Waals surface area contributed by atoms with Gasteiger partial charge in [0.25, 0.3) is 0 Å². The molecule has 1 atom stereocenters. The molecule has 0 spiro atoms. The third kappa shape index (κ3) is 4.27. The van der Waals surface area contributed by atoms with Gasteiger partial charge in [-0.2, -0.15) is 0 Å². The first-order chi connectivity index (χ1) is 11.2. The van der Waals surface area contributed by atoms with Gasteiger partial charge in [-0.25, -0.2) is 0 Å². The highest BCUT2D eigenvalue weighted by Crippen LogP contribution is 2.31. The number of halogens is 2. The van der Waals surface area contributed by atoms with Gasteiger partial charge in [-0.05, 0) is 72.2 Å². The number of hydrogen-bond acceptors (Lipinski definition) is 3. The van der Waals surface area contributed by atoms with Gasteiger partial charge >= 0.3 is 0 Å². The van der Waals surface area contributed by atoms with Gasteiger partial charge in [-0.3, -0.25) is 4.90 Å². The average Bonchev–Trinajstić information content (AvgIpc) is 3.16. The first-order valence-corrected chi connectivity index (χ1v) is 9.75. The molecule has 2 heterocycles. The second-order valence-electron chi connectivity index (χ2n) is 5.95. The van der Waals surface area contributed by atoms with Crippen molar-refractivity contribution >= 4 is 31.9 Å². The van der Waals surface area contributed by atoms with Crippen molar-refractivity contribution in [1.29, 1.82) is 0 Å². The van der Waals surface area contributed by atoms with Gasteiger partial charge in [-0.1, -0.05) is 22.9 Å². The Labute approximate surface area is 154 Å². The molecule has 1 aromatic heterocycles. The molecule has 0 amide bonds. The summed E-state index contributed by atoms with van der Waals surface area (Å²) in [4.78, 5) is 2.56. The Balaban J connectivity index is 1.57. The zero-order chi connectivity index (χ0) is 16.2. The molecular weight excluding hydrogens is 420 g/mol. The van der Waals surface area contributed by atoms with Crippen LogP contribution in [0.2, 0.25) is 0 Å². The molecule has 0 aliphatic carbocycles. The molecule has 1 aliphatic heterocycles. The fourth-order valence-corrected chi connectivity index (χ4v) is 4.45. The van der Waals surface area contributed by atoms with Crippen LogP contribution in [0.5, 0.6) is 0 Å². The minimum Gasteiger partial charge on any atom is -0.460 e. The molecule has 0 saturated carbocycles. The van der Waals surface area contributed by atoms with E-state index in [2.05, 4.69) is 61.1 Å². The van der Waals surface area contributed by atoms with Gasteiger partial charge < -0.3 is 9.73 Å². The summed E-state index contributed by atoms with van der Waals surface area (Å²) in [5.41, 5.74) is 1.08. The fraction of sp³-hybridized carbons (Fsp3) is 0.444. The lowest BCUT2D eigenvalue weighted by atomic mass is 10.2. The van der Waals surface area contributed by atoms with E-state index in [9.17, 15) is 0 Å². The molecule has 1 fully saturated rings. The average molecular weight is 442 g/mol. The molecule has 124 valence electrons. The molecule has 1 N–H and O–H groups in total. The molecule has 1 aromatic carbocycles. The number of likely N-dealkylation sites (tertiary alicyclic amines) is 1. The molecule has 1 aliphatic rings. The van der Waals surface area contributed by atoms with E-state index in [4.69, 9.17) is 4.42 Å². The molecule has 3 nitrogen and oxygen atoms in total. The Bertz CT molecular complexity index is 656. The number of benzene rings is 1. The van der Waals surface area contributed by atoms with Crippen LogP contribution >= 0.6 is 31.9 Å². The Morgan fingerprint density at radius 2 is 2.13 bits per heavy atom. The van der Waals surface area contributed by atoms with Gasteiger partial charge in [0, 0.05) is 27.1 Å². The van der Waals surface area contributed by atoms with E-state index in [-0.39, 0.29) is 0 Å². The molecule has 2 aromatic rings. The van der Waals surface area contributed by atoms with Gasteiger partial charge in [0.2, 0.25) is 0 Å². The van der Waals surface area contributed by atoms with Crippen molar-refractivity contribution in [3.8, 4) is 11.3 Å². The summed E-state index contributed by atoms with van der Waals surface area (Å²) in [6, 6.07) is 10.9. The van der Waals surface area contributed by atoms with Gasteiger partial charge in [0.1, 0.15) is 11.5 Å². The maximum absolute atomic E-state index is 5.99. The van der Waals surface area contributed by atoms with Crippen LogP contribution in [0.15, 0.2) is 43.7 Å². The standard InChI is InChI=1S/C18H22Br2N2O/c1-2-22-9-3-4-14(22)11-21-12-15-6-8-18(23-15)16-7-5-13(19)10-17(16)20/h5-8,10,14,21H,2-4,9,11-12H2,1H3/t14-/m1/s1. The lowest BCUT2D eigenvalue weighted by molar-refractivity contribution is 0.258. The zero-order valence-electron chi connectivity index (χ0n) is 13.3. The number of nitrogens with one attached hydrogen (secondary N) is 1. The lowest BCUT2D eigenvalue weighted by Gasteiger charge is -2.22. The Kier molecular flexibility index (Phi) is 5.96. The molecule has 5 heteroatoms. The largest absolute Gasteiger partial charge is 0.460 e. The van der Waals surface area contributed by atoms with E-state index in [1.807, 2.05) is 18.2 Å². The monoisotopic (exact) mass is 440 g/mol. The summed E-state index contributed by atoms with van der Waals surface area (Å²) in [6.07, 6.45) is 2.62. The maximum atomic E-state index is 5.99. The van der Waals surface area contributed by atoms with Crippen LogP contribution < -0.4 is 5.32 Å². The van der Waals surface area contributed by atoms with Crippen LogP contribution in [0.3, 0.4) is 0 Å². The Morgan fingerprint density at radius 1 is 1.26 bits per heavy atom. The van der Waals surface area contributed by atoms with E-state index in [0.717, 1.165) is 45.7 Å². The number of nitrogens with zero attached hydrogens (tertiary/aromatic N) is 1. The first-order valence-electron chi connectivity index (χ1n) is 8.16. The van der Waals surface area contributed by atoms with E-state index in [0.29, 0.717) is 6.04 Å². The molecule has 3 rings (SSSR count). The predicted molar refractivity (Wildman–Crippen MR) is 102 cm³/mol. The SMILES string of the molecule is CCN1CCC[C@@H]1CNCc1ccc(-c2ccc(Br)cc2Br)o1. The van der Waals surface area contributed by atoms with Crippen LogP contribution in [0.25, 0.3) is 11.3 Å². The third-order valence-electron chi connectivity index (χ3n) is 4.44. The summed E-state index contributed by atoms with van der Waals surface area (Å²) in [5.74, 6) is 1.88. The van der Waals surface area contributed by atoms with E-state index < -0.39 is 0 Å². The topological polar surface area (TPSA) is 28.4 Å². The highest BCUT2D eigenvalue weighted by atomic mass is 79.9. The predicted octanol–water partition coefficient (Wildman–Crippen LogP) is 5.05. The number of hydrogen-bond donors (Lipinski definition) is 1. The molecule has 1 saturated heterocycles. The Morgan fingerprint density at radius 3 is 2.91 bits per heavy atom. The summed E-state index contributed by atoms with van der Waals surface area (Å²) < 4.78 is 8.07. The van der Waals surface area contributed by atoms with Crippen molar-refractivity contribution in [2.45, 2.75) is 32.4 Å². The van der Waals surface area contributed by atoms with Crippen molar-refractivity contribution in [1.82, 2.24) is 10.2 Å². The quantitative estimate of drug-likeness (QED) is 0.680. The minimum atomic E-state index is 0.676. The highest BCUT2D eigenvalue weighted by Gasteiger charge is 2.22. The van der Waals surface area contributed by atoms with Gasteiger partial charge in [0.15, 0.2) is 0 Å². The normalized spacial score (nSPS) is 18.7. The molecule has 0 radical (unpaired) electrons. The molecular formula is C18H22Br2N2O. The highest BCUT2D eigenvalue weighted by molar-refractivity contribution is 9.11. The maximum Gasteiger partial charge on any atom is 0.135 e. The second kappa shape index (κ2) is 7.97. The van der Waals surface area contributed by atoms with E-state index in [1.165, 1.54) is 19.4 Å². The minimum absolute atomic E-state index is 0.676. The third-order valence-corrected chi connectivity index (χ3v) is 5.59. The van der Waals surface area contributed by atoms with Crippen LogP contribution in [0.4, 0.5) is 0 Å². The molecule has 0 bridgehead atoms. The summed E-state index contributed by atoms with van der Waals surface area (Å²) in [6.45, 7) is 6.45. The summed E-state index contributed by atoms with van der Waals surface area (Å²) >= 11 is 7.07. The van der Waals surface area contributed by atoms with Crippen molar-refractivity contribution in [2.75, 3.05) is 19.6 Å². The van der Waals surface area contributed by atoms with Crippen molar-refractivity contribution in [3.63, 3.8) is 0 Å². The van der Waals surface area contributed by atoms with Crippen molar-refractivity contribution in [2.24, 2.45) is 0 Å². The summed E-state index contributed by atoms with van der Waals surface area (Å²) in [7, 11) is 0. The van der Waals surface area contributed by atoms with Crippen LogP contribution in [-0.2, 0) is 6.54 Å². The van der Waals surface area contributed by atoms with Crippen LogP contribution in [0.1, 0.15) is 25.5 Å². The van der Waals surface area contributed by atoms with Crippen molar-refractivity contribution in [3.05, 3.63) is 45.0 Å². The summed E-state index contributed by atoms with van der Waals surface area (Å²) in [5, 5.41) is 3.54. The fourth-order valence-electron chi connectivity index (χ4n) is 3.21. The number of rotatable bonds is 6. The second-order valence-corrected chi connectivity index (χ2v) is 7.72. The molecule has 0 unspecified atom stereocenters. The number of furan rings is 1. The Hall–Kier alpha value is -0.620. The smallest absolute Gasteiger partial charge is 0.135 e. The molecule has 23 heavy (non-hydrogen) atoms. The van der Waals surface area contributed by atoms with Crippen molar-refractivity contribution < 1.29 is 4.42 Å². The van der Waals surface area contributed by atoms with E-state index >= 15 is 0 Å². The lowest BCUT2D eigenvalue weighted by Crippen LogP contribution is -2.37. The first kappa shape index (κ1) is 17.2. The number of likely N-dealkylation sites (N-methyl/N-ethyl adjacent to an activating group) is 1. The van der Waals surface area contributed by atoms with Crippen LogP contribution in [-0.4, -0.2) is 30.6 Å². The zero-order valence-corrected chi connectivity index (χ0v) is 16.5. The van der Waals surface area contributed by atoms with Crippen LogP contribution in [0, 0.1) is 0 Å². The van der Waals surface area contributed by atoms with Gasteiger partial charge in [-0.15, -0.1) is 0 Å².